The molecule has 0 radical (unpaired) electrons. The molecule has 9 heteroatoms. The molecular formula is C21H27ClN4O3S. The molecule has 1 N–H and O–H groups in total. The maximum Gasteiger partial charge on any atom is 0.262 e. The van der Waals surface area contributed by atoms with Gasteiger partial charge in [0.1, 0.15) is 5.54 Å². The predicted molar refractivity (Wildman–Crippen MR) is 120 cm³/mol. The van der Waals surface area contributed by atoms with Crippen molar-refractivity contribution in [1.82, 2.24) is 14.9 Å². The van der Waals surface area contributed by atoms with Gasteiger partial charge in [0.05, 0.1) is 22.2 Å². The highest BCUT2D eigenvalue weighted by atomic mass is 35.5. The van der Waals surface area contributed by atoms with Gasteiger partial charge in [0.25, 0.3) is 5.56 Å². The van der Waals surface area contributed by atoms with Crippen LogP contribution in [-0.2, 0) is 16.1 Å². The Balaban J connectivity index is 2.38. The lowest BCUT2D eigenvalue weighted by Gasteiger charge is -2.28. The van der Waals surface area contributed by atoms with Crippen LogP contribution in [0.2, 0.25) is 5.02 Å². The Hall–Kier alpha value is -2.08. The van der Waals surface area contributed by atoms with Gasteiger partial charge in [-0.1, -0.05) is 37.2 Å². The lowest BCUT2D eigenvalue weighted by atomic mass is 9.90. The molecule has 30 heavy (non-hydrogen) atoms. The number of thioether (sulfide) groups is 1. The quantitative estimate of drug-likeness (QED) is 0.356. The average Bonchev–Trinajstić information content (AvgIpc) is 2.69. The van der Waals surface area contributed by atoms with Crippen LogP contribution in [0.3, 0.4) is 0 Å². The molecule has 162 valence electrons. The van der Waals surface area contributed by atoms with E-state index in [1.165, 1.54) is 11.8 Å². The molecule has 1 aromatic heterocycles. The number of aromatic nitrogens is 2. The molecule has 0 spiro atoms. The maximum atomic E-state index is 13.1. The molecule has 2 rings (SSSR count). The Bertz CT molecular complexity index is 1020. The lowest BCUT2D eigenvalue weighted by molar-refractivity contribution is -0.121. The first-order chi connectivity index (χ1) is 14.1. The zero-order valence-electron chi connectivity index (χ0n) is 17.9. The van der Waals surface area contributed by atoms with Gasteiger partial charge in [0.2, 0.25) is 5.91 Å². The summed E-state index contributed by atoms with van der Waals surface area (Å²) in [5.41, 5.74) is -0.685. The molecule has 0 fully saturated rings. The Labute approximate surface area is 185 Å². The zero-order valence-corrected chi connectivity index (χ0v) is 19.4. The minimum absolute atomic E-state index is 0.0585. The minimum atomic E-state index is -0.978. The third-order valence-electron chi connectivity index (χ3n) is 5.03. The van der Waals surface area contributed by atoms with Gasteiger partial charge in [-0.2, -0.15) is 5.26 Å². The van der Waals surface area contributed by atoms with E-state index >= 15 is 0 Å². The van der Waals surface area contributed by atoms with E-state index in [0.29, 0.717) is 40.7 Å². The third-order valence-corrected chi connectivity index (χ3v) is 6.36. The number of ether oxygens (including phenoxy) is 1. The summed E-state index contributed by atoms with van der Waals surface area (Å²) >= 11 is 7.25. The number of nitrogens with zero attached hydrogens (tertiary/aromatic N) is 3. The van der Waals surface area contributed by atoms with Crippen molar-refractivity contribution in [2.24, 2.45) is 5.92 Å². The average molecular weight is 451 g/mol. The summed E-state index contributed by atoms with van der Waals surface area (Å²) in [5, 5.41) is 13.1. The molecule has 0 aliphatic rings. The summed E-state index contributed by atoms with van der Waals surface area (Å²) in [6.07, 6.45) is 0.630. The molecule has 0 saturated carbocycles. The molecule has 1 heterocycles. The smallest absolute Gasteiger partial charge is 0.262 e. The number of hydrogen-bond acceptors (Lipinski definition) is 6. The molecule has 7 nitrogen and oxygen atoms in total. The number of benzene rings is 1. The summed E-state index contributed by atoms with van der Waals surface area (Å²) in [4.78, 5) is 30.4. The van der Waals surface area contributed by atoms with E-state index in [4.69, 9.17) is 16.3 Å². The van der Waals surface area contributed by atoms with Crippen LogP contribution in [0.25, 0.3) is 10.9 Å². The first-order valence-corrected chi connectivity index (χ1v) is 11.0. The molecule has 0 saturated heterocycles. The number of halogens is 1. The molecular weight excluding hydrogens is 424 g/mol. The van der Waals surface area contributed by atoms with Crippen molar-refractivity contribution >= 4 is 40.2 Å². The summed E-state index contributed by atoms with van der Waals surface area (Å²) in [5.74, 6) is -0.349. The normalized spacial score (nSPS) is 14.3. The van der Waals surface area contributed by atoms with Crippen molar-refractivity contribution in [3.05, 3.63) is 33.6 Å². The molecule has 2 aromatic rings. The monoisotopic (exact) mass is 450 g/mol. The van der Waals surface area contributed by atoms with Crippen LogP contribution < -0.4 is 10.9 Å². The number of methoxy groups -OCH3 is 1. The van der Waals surface area contributed by atoms with Crippen LogP contribution >= 0.6 is 23.4 Å². The van der Waals surface area contributed by atoms with E-state index in [1.807, 2.05) is 13.8 Å². The molecule has 0 aliphatic carbocycles. The highest BCUT2D eigenvalue weighted by Crippen LogP contribution is 2.25. The van der Waals surface area contributed by atoms with E-state index < -0.39 is 10.8 Å². The van der Waals surface area contributed by atoms with Crippen LogP contribution in [0.1, 0.15) is 34.1 Å². The standard InChI is InChI=1S/C21H27ClN4O3S/c1-13(2)21(4,12-23)25-18(27)14(3)30-20-24-17-11-15(22)7-8-16(17)19(28)26(20)9-6-10-29-5/h7-8,11,13-14H,6,9-10H2,1-5H3,(H,25,27)/t14-,21+/m0/s1. The van der Waals surface area contributed by atoms with Gasteiger partial charge in [-0.05, 0) is 44.4 Å². The fourth-order valence-electron chi connectivity index (χ4n) is 2.70. The number of amides is 1. The molecule has 0 unspecified atom stereocenters. The minimum Gasteiger partial charge on any atom is -0.385 e. The highest BCUT2D eigenvalue weighted by Gasteiger charge is 2.32. The Kier molecular flexibility index (Phi) is 8.30. The van der Waals surface area contributed by atoms with Crippen molar-refractivity contribution in [3.8, 4) is 6.07 Å². The lowest BCUT2D eigenvalue weighted by Crippen LogP contribution is -2.51. The second-order valence-corrected chi connectivity index (χ2v) is 9.32. The number of nitrogens with one attached hydrogen (secondary N) is 1. The Morgan fingerprint density at radius 2 is 2.13 bits per heavy atom. The SMILES string of the molecule is COCCCn1c(S[C@@H](C)C(=O)N[C@](C)(C#N)C(C)C)nc2cc(Cl)ccc2c1=O. The number of nitriles is 1. The van der Waals surface area contributed by atoms with Crippen molar-refractivity contribution in [2.75, 3.05) is 13.7 Å². The van der Waals surface area contributed by atoms with Gasteiger partial charge in [-0.25, -0.2) is 4.98 Å². The maximum absolute atomic E-state index is 13.1. The topological polar surface area (TPSA) is 97.0 Å². The second kappa shape index (κ2) is 10.3. The number of carbonyl (C=O) groups excluding carboxylic acids is 1. The molecule has 2 atom stereocenters. The van der Waals surface area contributed by atoms with Crippen LogP contribution in [0.15, 0.2) is 28.2 Å². The number of carbonyl (C=O) groups is 1. The molecule has 1 amide bonds. The van der Waals surface area contributed by atoms with Crippen LogP contribution in [0.4, 0.5) is 0 Å². The van der Waals surface area contributed by atoms with E-state index in [9.17, 15) is 14.9 Å². The Morgan fingerprint density at radius 1 is 1.43 bits per heavy atom. The van der Waals surface area contributed by atoms with Crippen molar-refractivity contribution in [1.29, 1.82) is 5.26 Å². The first kappa shape index (κ1) is 24.2. The highest BCUT2D eigenvalue weighted by molar-refractivity contribution is 8.00. The molecule has 1 aromatic carbocycles. The summed E-state index contributed by atoms with van der Waals surface area (Å²) in [7, 11) is 1.60. The van der Waals surface area contributed by atoms with Gasteiger partial charge < -0.3 is 10.1 Å². The first-order valence-electron chi connectivity index (χ1n) is 9.72. The van der Waals surface area contributed by atoms with E-state index in [-0.39, 0.29) is 17.4 Å². The van der Waals surface area contributed by atoms with Gasteiger partial charge in [0.15, 0.2) is 5.16 Å². The van der Waals surface area contributed by atoms with Crippen LogP contribution in [0.5, 0.6) is 0 Å². The van der Waals surface area contributed by atoms with Crippen LogP contribution in [0, 0.1) is 17.2 Å². The van der Waals surface area contributed by atoms with Gasteiger partial charge in [-0.3, -0.25) is 14.2 Å². The van der Waals surface area contributed by atoms with Crippen molar-refractivity contribution in [3.63, 3.8) is 0 Å². The van der Waals surface area contributed by atoms with E-state index in [1.54, 1.807) is 43.7 Å². The van der Waals surface area contributed by atoms with Crippen molar-refractivity contribution < 1.29 is 9.53 Å². The number of hydrogen-bond donors (Lipinski definition) is 1. The number of rotatable bonds is 9. The fourth-order valence-corrected chi connectivity index (χ4v) is 3.80. The largest absolute Gasteiger partial charge is 0.385 e. The molecule has 0 bridgehead atoms. The molecule has 0 aliphatic heterocycles. The van der Waals surface area contributed by atoms with Crippen molar-refractivity contribution in [2.45, 2.75) is 56.6 Å². The van der Waals surface area contributed by atoms with E-state index in [2.05, 4.69) is 16.4 Å². The van der Waals surface area contributed by atoms with E-state index in [0.717, 1.165) is 0 Å². The zero-order chi connectivity index (χ0) is 22.5. The Morgan fingerprint density at radius 3 is 2.73 bits per heavy atom. The van der Waals surface area contributed by atoms with Crippen LogP contribution in [-0.4, -0.2) is 40.0 Å². The number of fused-ring (bicyclic) bond motifs is 1. The summed E-state index contributed by atoms with van der Waals surface area (Å²) in [6.45, 7) is 8.10. The summed E-state index contributed by atoms with van der Waals surface area (Å²) in [6, 6.07) is 7.12. The predicted octanol–water partition coefficient (Wildman–Crippen LogP) is 3.62. The third kappa shape index (κ3) is 5.54. The van der Waals surface area contributed by atoms with Gasteiger partial charge >= 0.3 is 0 Å². The van der Waals surface area contributed by atoms with Gasteiger partial charge in [-0.15, -0.1) is 0 Å². The fraction of sp³-hybridized carbons (Fsp3) is 0.524. The second-order valence-electron chi connectivity index (χ2n) is 7.58. The van der Waals surface area contributed by atoms with Gasteiger partial charge in [0, 0.05) is 25.3 Å². The summed E-state index contributed by atoms with van der Waals surface area (Å²) < 4.78 is 6.67.